The van der Waals surface area contributed by atoms with Crippen LogP contribution in [-0.4, -0.2) is 48.8 Å². The summed E-state index contributed by atoms with van der Waals surface area (Å²) in [6, 6.07) is 11.2. The molecule has 2 heterocycles. The molecule has 3 rings (SSSR count). The standard InChI is InChI=1S/C22H28N4O4/c27-20(14-24-21(28)15-25-22(29)19-9-6-12-30-19)23-13-17-7-2-3-8-18(17)16-26-10-4-1-5-11-26/h2-3,6-9,12H,1,4-5,10-11,13-16H2,(H,23,27)(H,24,28)(H,25,29). The minimum absolute atomic E-state index is 0.128. The highest BCUT2D eigenvalue weighted by atomic mass is 16.3. The van der Waals surface area contributed by atoms with Gasteiger partial charge in [0.2, 0.25) is 11.8 Å². The van der Waals surface area contributed by atoms with Gasteiger partial charge in [-0.05, 0) is 49.2 Å². The molecule has 3 N–H and O–H groups in total. The van der Waals surface area contributed by atoms with Crippen LogP contribution in [0.2, 0.25) is 0 Å². The van der Waals surface area contributed by atoms with Gasteiger partial charge in [-0.2, -0.15) is 0 Å². The van der Waals surface area contributed by atoms with Crippen molar-refractivity contribution in [3.63, 3.8) is 0 Å². The fourth-order valence-electron chi connectivity index (χ4n) is 3.40. The van der Waals surface area contributed by atoms with Gasteiger partial charge in [0.25, 0.3) is 5.91 Å². The molecule has 1 aromatic carbocycles. The van der Waals surface area contributed by atoms with Crippen molar-refractivity contribution in [1.82, 2.24) is 20.9 Å². The van der Waals surface area contributed by atoms with Crippen LogP contribution >= 0.6 is 0 Å². The molecule has 1 aliphatic rings. The first-order valence-corrected chi connectivity index (χ1v) is 10.3. The minimum atomic E-state index is -0.482. The number of rotatable bonds is 9. The molecule has 0 aliphatic carbocycles. The Kier molecular flexibility index (Phi) is 8.02. The van der Waals surface area contributed by atoms with Crippen molar-refractivity contribution in [2.45, 2.75) is 32.4 Å². The second-order valence-corrected chi connectivity index (χ2v) is 7.32. The lowest BCUT2D eigenvalue weighted by atomic mass is 10.0. The molecule has 3 amide bonds. The number of carbonyl (C=O) groups excluding carboxylic acids is 3. The first-order chi connectivity index (χ1) is 14.6. The Balaban J connectivity index is 1.38. The van der Waals surface area contributed by atoms with E-state index in [1.807, 2.05) is 18.2 Å². The van der Waals surface area contributed by atoms with Crippen LogP contribution in [0.5, 0.6) is 0 Å². The van der Waals surface area contributed by atoms with Gasteiger partial charge in [-0.15, -0.1) is 0 Å². The highest BCUT2D eigenvalue weighted by molar-refractivity contribution is 5.94. The van der Waals surface area contributed by atoms with E-state index in [9.17, 15) is 14.4 Å². The smallest absolute Gasteiger partial charge is 0.287 e. The van der Waals surface area contributed by atoms with Crippen molar-refractivity contribution in [1.29, 1.82) is 0 Å². The number of piperidine rings is 1. The van der Waals surface area contributed by atoms with Crippen LogP contribution in [0.4, 0.5) is 0 Å². The third-order valence-corrected chi connectivity index (χ3v) is 5.04. The van der Waals surface area contributed by atoms with Gasteiger partial charge in [0, 0.05) is 13.1 Å². The van der Waals surface area contributed by atoms with Crippen molar-refractivity contribution in [3.05, 3.63) is 59.5 Å². The molecule has 160 valence electrons. The molecule has 0 saturated carbocycles. The molecular formula is C22H28N4O4. The molecule has 1 aliphatic heterocycles. The van der Waals surface area contributed by atoms with Gasteiger partial charge in [-0.3, -0.25) is 19.3 Å². The first kappa shape index (κ1) is 21.6. The number of nitrogens with zero attached hydrogens (tertiary/aromatic N) is 1. The largest absolute Gasteiger partial charge is 0.459 e. The number of furan rings is 1. The van der Waals surface area contributed by atoms with E-state index in [-0.39, 0.29) is 24.8 Å². The fraction of sp³-hybridized carbons (Fsp3) is 0.409. The Labute approximate surface area is 176 Å². The summed E-state index contributed by atoms with van der Waals surface area (Å²) in [6.07, 6.45) is 5.15. The molecule has 1 saturated heterocycles. The van der Waals surface area contributed by atoms with E-state index >= 15 is 0 Å². The van der Waals surface area contributed by atoms with Crippen LogP contribution in [0.3, 0.4) is 0 Å². The van der Waals surface area contributed by atoms with Gasteiger partial charge in [0.05, 0.1) is 19.4 Å². The highest BCUT2D eigenvalue weighted by Crippen LogP contribution is 2.16. The topological polar surface area (TPSA) is 104 Å². The van der Waals surface area contributed by atoms with Crippen LogP contribution in [-0.2, 0) is 22.7 Å². The Morgan fingerprint density at radius 1 is 0.833 bits per heavy atom. The lowest BCUT2D eigenvalue weighted by molar-refractivity contribution is -0.125. The predicted octanol–water partition coefficient (Wildman–Crippen LogP) is 1.43. The maximum Gasteiger partial charge on any atom is 0.287 e. The van der Waals surface area contributed by atoms with Gasteiger partial charge >= 0.3 is 0 Å². The molecule has 0 atom stereocenters. The molecule has 0 spiro atoms. The number of carbonyl (C=O) groups is 3. The number of benzene rings is 1. The van der Waals surface area contributed by atoms with E-state index in [2.05, 4.69) is 26.9 Å². The summed E-state index contributed by atoms with van der Waals surface area (Å²) in [4.78, 5) is 38.1. The summed E-state index contributed by atoms with van der Waals surface area (Å²) in [5.41, 5.74) is 2.29. The molecule has 8 heteroatoms. The van der Waals surface area contributed by atoms with E-state index in [1.165, 1.54) is 37.2 Å². The molecule has 1 fully saturated rings. The summed E-state index contributed by atoms with van der Waals surface area (Å²) in [7, 11) is 0. The maximum atomic E-state index is 12.1. The molecule has 0 radical (unpaired) electrons. The number of nitrogens with one attached hydrogen (secondary N) is 3. The van der Waals surface area contributed by atoms with Gasteiger partial charge in [0.15, 0.2) is 5.76 Å². The average Bonchev–Trinajstić information content (AvgIpc) is 3.31. The number of hydrogen-bond acceptors (Lipinski definition) is 5. The predicted molar refractivity (Wildman–Crippen MR) is 111 cm³/mol. The van der Waals surface area contributed by atoms with E-state index in [4.69, 9.17) is 4.42 Å². The second kappa shape index (κ2) is 11.2. The minimum Gasteiger partial charge on any atom is -0.459 e. The van der Waals surface area contributed by atoms with Crippen LogP contribution in [0.15, 0.2) is 47.1 Å². The van der Waals surface area contributed by atoms with Crippen LogP contribution in [0.25, 0.3) is 0 Å². The number of hydrogen-bond donors (Lipinski definition) is 3. The van der Waals surface area contributed by atoms with Crippen molar-refractivity contribution < 1.29 is 18.8 Å². The van der Waals surface area contributed by atoms with Crippen molar-refractivity contribution in [2.75, 3.05) is 26.2 Å². The number of likely N-dealkylation sites (tertiary alicyclic amines) is 1. The Morgan fingerprint density at radius 2 is 1.53 bits per heavy atom. The van der Waals surface area contributed by atoms with Gasteiger partial charge in [-0.1, -0.05) is 30.7 Å². The van der Waals surface area contributed by atoms with E-state index in [0.717, 1.165) is 25.2 Å². The molecule has 8 nitrogen and oxygen atoms in total. The van der Waals surface area contributed by atoms with Crippen LogP contribution in [0.1, 0.15) is 40.9 Å². The van der Waals surface area contributed by atoms with Crippen molar-refractivity contribution in [3.8, 4) is 0 Å². The average molecular weight is 412 g/mol. The van der Waals surface area contributed by atoms with Gasteiger partial charge in [0.1, 0.15) is 0 Å². The number of amides is 3. The SMILES string of the molecule is O=C(CNC(=O)CNC(=O)c1ccco1)NCc1ccccc1CN1CCCCC1. The quantitative estimate of drug-likeness (QED) is 0.578. The third kappa shape index (κ3) is 6.73. The molecular weight excluding hydrogens is 384 g/mol. The zero-order chi connectivity index (χ0) is 21.2. The monoisotopic (exact) mass is 412 g/mol. The van der Waals surface area contributed by atoms with Crippen molar-refractivity contribution in [2.24, 2.45) is 0 Å². The zero-order valence-electron chi connectivity index (χ0n) is 17.0. The Hall–Kier alpha value is -3.13. The summed E-state index contributed by atoms with van der Waals surface area (Å²) in [5.74, 6) is -1.09. The summed E-state index contributed by atoms with van der Waals surface area (Å²) >= 11 is 0. The summed E-state index contributed by atoms with van der Waals surface area (Å²) < 4.78 is 4.95. The second-order valence-electron chi connectivity index (χ2n) is 7.32. The zero-order valence-corrected chi connectivity index (χ0v) is 17.0. The van der Waals surface area contributed by atoms with E-state index in [1.54, 1.807) is 6.07 Å². The van der Waals surface area contributed by atoms with Crippen LogP contribution in [0, 0.1) is 0 Å². The summed E-state index contributed by atoms with van der Waals surface area (Å²) in [6.45, 7) is 3.15. The Bertz CT molecular complexity index is 845. The first-order valence-electron chi connectivity index (χ1n) is 10.3. The molecule has 0 bridgehead atoms. The maximum absolute atomic E-state index is 12.1. The van der Waals surface area contributed by atoms with E-state index < -0.39 is 11.8 Å². The van der Waals surface area contributed by atoms with Crippen LogP contribution < -0.4 is 16.0 Å². The van der Waals surface area contributed by atoms with Crippen molar-refractivity contribution >= 4 is 17.7 Å². The normalized spacial score (nSPS) is 14.1. The molecule has 2 aromatic rings. The lowest BCUT2D eigenvalue weighted by Crippen LogP contribution is -2.41. The third-order valence-electron chi connectivity index (χ3n) is 5.04. The molecule has 0 unspecified atom stereocenters. The molecule has 30 heavy (non-hydrogen) atoms. The highest BCUT2D eigenvalue weighted by Gasteiger charge is 2.14. The fourth-order valence-corrected chi connectivity index (χ4v) is 3.40. The van der Waals surface area contributed by atoms with Gasteiger partial charge < -0.3 is 20.4 Å². The summed E-state index contributed by atoms with van der Waals surface area (Å²) in [5, 5.41) is 7.77. The molecule has 1 aromatic heterocycles. The lowest BCUT2D eigenvalue weighted by Gasteiger charge is -2.27. The van der Waals surface area contributed by atoms with E-state index in [0.29, 0.717) is 6.54 Å². The van der Waals surface area contributed by atoms with Gasteiger partial charge in [-0.25, -0.2) is 0 Å². The Morgan fingerprint density at radius 3 is 2.27 bits per heavy atom.